The van der Waals surface area contributed by atoms with Gasteiger partial charge in [-0.15, -0.1) is 0 Å². The molecule has 10 rings (SSSR count). The number of hydrogen-bond acceptors (Lipinski definition) is 2. The molecule has 0 atom stereocenters. The second kappa shape index (κ2) is 14.1. The van der Waals surface area contributed by atoms with Crippen LogP contribution < -0.4 is 41.5 Å². The van der Waals surface area contributed by atoms with Crippen LogP contribution in [0.4, 0.5) is 0 Å². The molecule has 0 aromatic heterocycles. The largest absolute Gasteiger partial charge is 0.508 e. The van der Waals surface area contributed by atoms with E-state index < -0.39 is 21.6 Å². The van der Waals surface area contributed by atoms with Gasteiger partial charge in [-0.1, -0.05) is 206 Å². The van der Waals surface area contributed by atoms with E-state index in [1.807, 2.05) is 0 Å². The summed E-state index contributed by atoms with van der Waals surface area (Å²) in [7, 11) is -6.08. The fourth-order valence-corrected chi connectivity index (χ4v) is 20.5. The van der Waals surface area contributed by atoms with E-state index in [0.29, 0.717) is 11.5 Å². The van der Waals surface area contributed by atoms with Crippen molar-refractivity contribution in [3.05, 3.63) is 229 Å². The molecule has 2 aliphatic rings. The summed E-state index contributed by atoms with van der Waals surface area (Å²) in [5.74, 6) is 0.784. The van der Waals surface area contributed by atoms with Gasteiger partial charge in [0.2, 0.25) is 0 Å². The average Bonchev–Trinajstić information content (AvgIpc) is 3.86. The van der Waals surface area contributed by atoms with Gasteiger partial charge in [-0.25, -0.2) is 0 Å². The highest BCUT2D eigenvalue weighted by molar-refractivity contribution is 7.21. The van der Waals surface area contributed by atoms with Crippen LogP contribution in [0.5, 0.6) is 11.5 Å². The topological polar surface area (TPSA) is 40.5 Å². The van der Waals surface area contributed by atoms with Gasteiger partial charge in [-0.05, 0) is 78.3 Å². The molecule has 2 N–H and O–H groups in total. The monoisotopic (exact) mass is 768 g/mol. The molecule has 8 aromatic carbocycles. The number of phenols is 2. The summed E-state index contributed by atoms with van der Waals surface area (Å²) in [5.41, 5.74) is 3.86. The Labute approximate surface area is 337 Å². The molecule has 0 radical (unpaired) electrons. The molecule has 8 aromatic rings. The predicted octanol–water partition coefficient (Wildman–Crippen LogP) is 6.03. The SMILES string of the molecule is Oc1c([Si](c2ccccc2)(c2ccccc2)c2ccccc2)ccc2c1C1(CC2)CCc2ccc([Si](c3ccccc3)(c3ccccc3)c3ccccc3)c(O)c21. The summed E-state index contributed by atoms with van der Waals surface area (Å²) < 4.78 is 0. The van der Waals surface area contributed by atoms with Crippen LogP contribution in [-0.4, -0.2) is 26.4 Å². The second-order valence-corrected chi connectivity index (χ2v) is 23.3. The van der Waals surface area contributed by atoms with Gasteiger partial charge in [0.15, 0.2) is 16.1 Å². The third-order valence-corrected chi connectivity index (χ3v) is 22.8. The van der Waals surface area contributed by atoms with Crippen LogP contribution in [-0.2, 0) is 18.3 Å². The quantitative estimate of drug-likeness (QED) is 0.147. The number of phenolic OH excluding ortho intramolecular Hbond substituents is 2. The average molecular weight is 769 g/mol. The zero-order chi connectivity index (χ0) is 38.5. The molecule has 0 saturated carbocycles. The molecule has 57 heavy (non-hydrogen) atoms. The maximum Gasteiger partial charge on any atom is 0.183 e. The highest BCUT2D eigenvalue weighted by Gasteiger charge is 2.53. The van der Waals surface area contributed by atoms with Crippen molar-refractivity contribution in [3.63, 3.8) is 0 Å². The van der Waals surface area contributed by atoms with Crippen LogP contribution in [0.2, 0.25) is 0 Å². The van der Waals surface area contributed by atoms with Gasteiger partial charge in [0.25, 0.3) is 0 Å². The maximum atomic E-state index is 13.3. The van der Waals surface area contributed by atoms with E-state index in [1.54, 1.807) is 0 Å². The summed E-state index contributed by atoms with van der Waals surface area (Å²) in [6, 6.07) is 74.1. The third kappa shape index (κ3) is 5.21. The second-order valence-electron chi connectivity index (χ2n) is 15.8. The minimum absolute atomic E-state index is 0.392. The summed E-state index contributed by atoms with van der Waals surface area (Å²) in [6.45, 7) is 0. The Morgan fingerprint density at radius 3 is 0.807 bits per heavy atom. The van der Waals surface area contributed by atoms with Crippen LogP contribution in [0, 0.1) is 0 Å². The molecular formula is C53H44O2Si2. The lowest BCUT2D eigenvalue weighted by Gasteiger charge is -2.38. The predicted molar refractivity (Wildman–Crippen MR) is 241 cm³/mol. The minimum atomic E-state index is -3.04. The van der Waals surface area contributed by atoms with Crippen molar-refractivity contribution in [3.8, 4) is 11.5 Å². The zero-order valence-corrected chi connectivity index (χ0v) is 33.9. The molecule has 1 spiro atoms. The number of benzene rings is 8. The number of aromatic hydroxyl groups is 2. The van der Waals surface area contributed by atoms with Gasteiger partial charge in [-0.2, -0.15) is 0 Å². The molecule has 276 valence electrons. The number of fused-ring (bicyclic) bond motifs is 4. The molecule has 0 bridgehead atoms. The lowest BCUT2D eigenvalue weighted by atomic mass is 9.76. The molecule has 0 unspecified atom stereocenters. The van der Waals surface area contributed by atoms with Gasteiger partial charge < -0.3 is 10.2 Å². The van der Waals surface area contributed by atoms with Crippen molar-refractivity contribution >= 4 is 57.6 Å². The Hall–Kier alpha value is -6.21. The van der Waals surface area contributed by atoms with Gasteiger partial charge in [0.05, 0.1) is 0 Å². The van der Waals surface area contributed by atoms with Crippen molar-refractivity contribution in [1.82, 2.24) is 0 Å². The fraction of sp³-hybridized carbons (Fsp3) is 0.0943. The lowest BCUT2D eigenvalue weighted by molar-refractivity contribution is 0.419. The standard InChI is InChI=1S/C53H44O2Si2/c54-51-47(56(41-19-7-1-8-20-41,42-21-9-2-10-22-42)43-23-11-3-12-24-43)33-31-39-35-37-53(49(39)51)38-36-40-32-34-48(52(55)50(40)53)57(44-25-13-4-14-26-44,45-27-15-5-16-28-45)46-29-17-6-18-30-46/h1-34,54-55H,35-38H2. The Balaban J connectivity index is 1.26. The van der Waals surface area contributed by atoms with Crippen LogP contribution in [0.25, 0.3) is 0 Å². The molecule has 0 saturated heterocycles. The van der Waals surface area contributed by atoms with Gasteiger partial charge in [-0.3, -0.25) is 0 Å². The van der Waals surface area contributed by atoms with Crippen molar-refractivity contribution in [2.24, 2.45) is 0 Å². The summed E-state index contributed by atoms with van der Waals surface area (Å²) >= 11 is 0. The Kier molecular flexibility index (Phi) is 8.69. The van der Waals surface area contributed by atoms with E-state index >= 15 is 0 Å². The highest BCUT2D eigenvalue weighted by Crippen LogP contribution is 2.57. The number of rotatable bonds is 8. The van der Waals surface area contributed by atoms with E-state index in [1.165, 1.54) is 42.2 Å². The first-order valence-electron chi connectivity index (χ1n) is 20.1. The first-order chi connectivity index (χ1) is 28.1. The maximum absolute atomic E-state index is 13.3. The van der Waals surface area contributed by atoms with Gasteiger partial charge in [0.1, 0.15) is 11.5 Å². The lowest BCUT2D eigenvalue weighted by Crippen LogP contribution is -2.75. The summed E-state index contributed by atoms with van der Waals surface area (Å²) in [6.07, 6.45) is 3.38. The van der Waals surface area contributed by atoms with E-state index in [4.69, 9.17) is 0 Å². The first kappa shape index (κ1) is 35.2. The molecule has 0 fully saturated rings. The molecule has 0 aliphatic heterocycles. The van der Waals surface area contributed by atoms with E-state index in [-0.39, 0.29) is 0 Å². The van der Waals surface area contributed by atoms with Crippen molar-refractivity contribution in [2.45, 2.75) is 31.1 Å². The van der Waals surface area contributed by atoms with Crippen LogP contribution in [0.3, 0.4) is 0 Å². The molecule has 0 heterocycles. The number of hydrogen-bond donors (Lipinski definition) is 2. The third-order valence-electron chi connectivity index (χ3n) is 13.2. The van der Waals surface area contributed by atoms with E-state index in [9.17, 15) is 10.2 Å². The Bertz CT molecular complexity index is 2300. The van der Waals surface area contributed by atoms with Crippen LogP contribution >= 0.6 is 0 Å². The van der Waals surface area contributed by atoms with Gasteiger partial charge >= 0.3 is 0 Å². The Morgan fingerprint density at radius 2 is 0.561 bits per heavy atom. The van der Waals surface area contributed by atoms with E-state index in [2.05, 4.69) is 206 Å². The van der Waals surface area contributed by atoms with Crippen LogP contribution in [0.15, 0.2) is 206 Å². The number of aryl methyl sites for hydroxylation is 2. The van der Waals surface area contributed by atoms with Gasteiger partial charge in [0, 0.05) is 16.5 Å². The zero-order valence-electron chi connectivity index (χ0n) is 31.9. The molecule has 2 nitrogen and oxygen atoms in total. The molecular weight excluding hydrogens is 725 g/mol. The Morgan fingerprint density at radius 1 is 0.316 bits per heavy atom. The van der Waals surface area contributed by atoms with Crippen molar-refractivity contribution in [1.29, 1.82) is 0 Å². The van der Waals surface area contributed by atoms with Crippen molar-refractivity contribution in [2.75, 3.05) is 0 Å². The highest BCUT2D eigenvalue weighted by atomic mass is 28.3. The minimum Gasteiger partial charge on any atom is -0.508 e. The smallest absolute Gasteiger partial charge is 0.183 e. The molecule has 4 heteroatoms. The normalized spacial score (nSPS) is 14.3. The molecule has 2 aliphatic carbocycles. The van der Waals surface area contributed by atoms with Crippen molar-refractivity contribution < 1.29 is 10.2 Å². The summed E-state index contributed by atoms with van der Waals surface area (Å²) in [4.78, 5) is 0. The molecule has 0 amide bonds. The fourth-order valence-electron chi connectivity index (χ4n) is 10.9. The van der Waals surface area contributed by atoms with Crippen LogP contribution in [0.1, 0.15) is 35.1 Å². The van der Waals surface area contributed by atoms with E-state index in [0.717, 1.165) is 47.2 Å². The first-order valence-corrected chi connectivity index (χ1v) is 24.1. The summed E-state index contributed by atoms with van der Waals surface area (Å²) in [5, 5.41) is 36.0.